The van der Waals surface area contributed by atoms with Crippen molar-refractivity contribution in [2.45, 2.75) is 38.6 Å². The summed E-state index contributed by atoms with van der Waals surface area (Å²) in [7, 11) is 2.26. The van der Waals surface area contributed by atoms with Gasteiger partial charge in [0.1, 0.15) is 0 Å². The molecule has 2 nitrogen and oxygen atoms in total. The summed E-state index contributed by atoms with van der Waals surface area (Å²) in [6.07, 6.45) is 7.10. The molecule has 0 saturated heterocycles. The lowest BCUT2D eigenvalue weighted by molar-refractivity contribution is 0.243. The van der Waals surface area contributed by atoms with Gasteiger partial charge in [0.25, 0.3) is 0 Å². The first-order valence-corrected chi connectivity index (χ1v) is 6.36. The fraction of sp³-hybridized carbons (Fsp3) is 0.643. The van der Waals surface area contributed by atoms with Crippen LogP contribution in [0.15, 0.2) is 24.4 Å². The van der Waals surface area contributed by atoms with Gasteiger partial charge < -0.3 is 4.90 Å². The van der Waals surface area contributed by atoms with Crippen LogP contribution in [-0.2, 0) is 6.42 Å². The number of pyridine rings is 1. The van der Waals surface area contributed by atoms with E-state index in [1.54, 1.807) is 0 Å². The molecule has 0 aliphatic heterocycles. The van der Waals surface area contributed by atoms with Gasteiger partial charge in [0.2, 0.25) is 0 Å². The normalized spacial score (nSPS) is 25.2. The zero-order valence-electron chi connectivity index (χ0n) is 10.4. The Morgan fingerprint density at radius 3 is 2.88 bits per heavy atom. The maximum atomic E-state index is 4.37. The molecular weight excluding hydrogens is 196 g/mol. The predicted molar refractivity (Wildman–Crippen MR) is 67.4 cm³/mol. The van der Waals surface area contributed by atoms with Crippen molar-refractivity contribution in [1.29, 1.82) is 0 Å². The SMILES string of the molecule is C[C@@H]1CC[C@@H](N(C)CCc2ccccn2)C1. The van der Waals surface area contributed by atoms with Gasteiger partial charge in [-0.2, -0.15) is 0 Å². The summed E-state index contributed by atoms with van der Waals surface area (Å²) in [5.41, 5.74) is 1.21. The molecule has 1 aromatic heterocycles. The van der Waals surface area contributed by atoms with Gasteiger partial charge in [-0.3, -0.25) is 4.98 Å². The van der Waals surface area contributed by atoms with E-state index in [9.17, 15) is 0 Å². The summed E-state index contributed by atoms with van der Waals surface area (Å²) in [5, 5.41) is 0. The molecule has 2 heteroatoms. The summed E-state index contributed by atoms with van der Waals surface area (Å²) in [4.78, 5) is 6.88. The van der Waals surface area contributed by atoms with Gasteiger partial charge in [0, 0.05) is 30.9 Å². The molecule has 1 aliphatic rings. The van der Waals surface area contributed by atoms with Crippen LogP contribution in [-0.4, -0.2) is 29.5 Å². The van der Waals surface area contributed by atoms with Crippen molar-refractivity contribution in [2.24, 2.45) is 5.92 Å². The second kappa shape index (κ2) is 5.44. The van der Waals surface area contributed by atoms with Gasteiger partial charge in [-0.25, -0.2) is 0 Å². The number of hydrogen-bond acceptors (Lipinski definition) is 2. The second-order valence-electron chi connectivity index (χ2n) is 5.12. The molecule has 0 unspecified atom stereocenters. The molecule has 1 aromatic rings. The van der Waals surface area contributed by atoms with Crippen LogP contribution in [0.25, 0.3) is 0 Å². The van der Waals surface area contributed by atoms with Gasteiger partial charge in [-0.05, 0) is 44.4 Å². The zero-order valence-corrected chi connectivity index (χ0v) is 10.4. The Morgan fingerprint density at radius 2 is 2.25 bits per heavy atom. The van der Waals surface area contributed by atoms with Gasteiger partial charge in [-0.15, -0.1) is 0 Å². The van der Waals surface area contributed by atoms with Gasteiger partial charge in [-0.1, -0.05) is 13.0 Å². The second-order valence-corrected chi connectivity index (χ2v) is 5.12. The molecule has 2 atom stereocenters. The van der Waals surface area contributed by atoms with Crippen molar-refractivity contribution >= 4 is 0 Å². The van der Waals surface area contributed by atoms with Crippen molar-refractivity contribution in [3.8, 4) is 0 Å². The highest BCUT2D eigenvalue weighted by Crippen LogP contribution is 2.27. The van der Waals surface area contributed by atoms with E-state index < -0.39 is 0 Å². The summed E-state index contributed by atoms with van der Waals surface area (Å²) >= 11 is 0. The number of nitrogens with zero attached hydrogens (tertiary/aromatic N) is 2. The van der Waals surface area contributed by atoms with Gasteiger partial charge in [0.15, 0.2) is 0 Å². The van der Waals surface area contributed by atoms with Crippen LogP contribution in [0.2, 0.25) is 0 Å². The van der Waals surface area contributed by atoms with Gasteiger partial charge >= 0.3 is 0 Å². The highest BCUT2D eigenvalue weighted by atomic mass is 15.1. The highest BCUT2D eigenvalue weighted by molar-refractivity contribution is 5.03. The number of hydrogen-bond donors (Lipinski definition) is 0. The Kier molecular flexibility index (Phi) is 3.94. The van der Waals surface area contributed by atoms with Crippen LogP contribution in [0.3, 0.4) is 0 Å². The molecule has 0 amide bonds. The van der Waals surface area contributed by atoms with Crippen molar-refractivity contribution in [3.63, 3.8) is 0 Å². The van der Waals surface area contributed by atoms with E-state index in [1.807, 2.05) is 12.3 Å². The van der Waals surface area contributed by atoms with Gasteiger partial charge in [0.05, 0.1) is 0 Å². The largest absolute Gasteiger partial charge is 0.303 e. The van der Waals surface area contributed by atoms with E-state index in [0.29, 0.717) is 0 Å². The zero-order chi connectivity index (χ0) is 11.4. The first kappa shape index (κ1) is 11.6. The lowest BCUT2D eigenvalue weighted by Crippen LogP contribution is -2.31. The van der Waals surface area contributed by atoms with E-state index in [2.05, 4.69) is 36.0 Å². The minimum atomic E-state index is 0.804. The third-order valence-corrected chi connectivity index (χ3v) is 3.74. The van der Waals surface area contributed by atoms with Crippen LogP contribution >= 0.6 is 0 Å². The first-order chi connectivity index (χ1) is 7.75. The Morgan fingerprint density at radius 1 is 1.38 bits per heavy atom. The molecule has 0 spiro atoms. The molecule has 0 N–H and O–H groups in total. The summed E-state index contributed by atoms with van der Waals surface area (Å²) in [5.74, 6) is 0.919. The van der Waals surface area contributed by atoms with E-state index in [4.69, 9.17) is 0 Å². The molecule has 16 heavy (non-hydrogen) atoms. The van der Waals surface area contributed by atoms with E-state index in [-0.39, 0.29) is 0 Å². The summed E-state index contributed by atoms with van der Waals surface area (Å²) in [6.45, 7) is 3.50. The lowest BCUT2D eigenvalue weighted by atomic mass is 10.1. The molecule has 2 rings (SSSR count). The molecule has 88 valence electrons. The maximum absolute atomic E-state index is 4.37. The number of rotatable bonds is 4. The van der Waals surface area contributed by atoms with Crippen LogP contribution in [0.1, 0.15) is 31.9 Å². The standard InChI is InChI=1S/C14H22N2/c1-12-6-7-14(11-12)16(2)10-8-13-5-3-4-9-15-13/h3-5,9,12,14H,6-8,10-11H2,1-2H3/t12-,14-/m1/s1. The van der Waals surface area contributed by atoms with Crippen LogP contribution in [0.4, 0.5) is 0 Å². The Hall–Kier alpha value is -0.890. The first-order valence-electron chi connectivity index (χ1n) is 6.36. The van der Waals surface area contributed by atoms with Crippen LogP contribution < -0.4 is 0 Å². The van der Waals surface area contributed by atoms with Crippen molar-refractivity contribution < 1.29 is 0 Å². The Labute approximate surface area is 98.7 Å². The minimum Gasteiger partial charge on any atom is -0.303 e. The Bertz CT molecular complexity index is 310. The fourth-order valence-corrected chi connectivity index (χ4v) is 2.60. The van der Waals surface area contributed by atoms with Crippen LogP contribution in [0, 0.1) is 5.92 Å². The topological polar surface area (TPSA) is 16.1 Å². The minimum absolute atomic E-state index is 0.804. The molecule has 1 fully saturated rings. The number of likely N-dealkylation sites (N-methyl/N-ethyl adjacent to an activating group) is 1. The predicted octanol–water partition coefficient (Wildman–Crippen LogP) is 2.74. The van der Waals surface area contributed by atoms with E-state index in [0.717, 1.165) is 24.9 Å². The molecule has 1 aliphatic carbocycles. The maximum Gasteiger partial charge on any atom is 0.0416 e. The molecule has 0 radical (unpaired) electrons. The van der Waals surface area contributed by atoms with Crippen LogP contribution in [0.5, 0.6) is 0 Å². The van der Waals surface area contributed by atoms with Crippen molar-refractivity contribution in [2.75, 3.05) is 13.6 Å². The molecule has 0 aromatic carbocycles. The van der Waals surface area contributed by atoms with E-state index in [1.165, 1.54) is 25.0 Å². The molecule has 1 saturated carbocycles. The van der Waals surface area contributed by atoms with Crippen molar-refractivity contribution in [1.82, 2.24) is 9.88 Å². The highest BCUT2D eigenvalue weighted by Gasteiger charge is 2.24. The smallest absolute Gasteiger partial charge is 0.0416 e. The molecular formula is C14H22N2. The summed E-state index contributed by atoms with van der Waals surface area (Å²) in [6, 6.07) is 6.97. The van der Waals surface area contributed by atoms with Crippen molar-refractivity contribution in [3.05, 3.63) is 30.1 Å². The summed E-state index contributed by atoms with van der Waals surface area (Å²) < 4.78 is 0. The monoisotopic (exact) mass is 218 g/mol. The average molecular weight is 218 g/mol. The number of aromatic nitrogens is 1. The quantitative estimate of drug-likeness (QED) is 0.772. The Balaban J connectivity index is 1.78. The lowest BCUT2D eigenvalue weighted by Gasteiger charge is -2.24. The fourth-order valence-electron chi connectivity index (χ4n) is 2.60. The third kappa shape index (κ3) is 3.05. The van der Waals surface area contributed by atoms with E-state index >= 15 is 0 Å². The average Bonchev–Trinajstić information content (AvgIpc) is 2.74. The molecule has 1 heterocycles. The third-order valence-electron chi connectivity index (χ3n) is 3.74. The molecule has 0 bridgehead atoms.